The first kappa shape index (κ1) is 17.0. The molecule has 2 heterocycles. The molecule has 0 radical (unpaired) electrons. The van der Waals surface area contributed by atoms with Crippen molar-refractivity contribution in [2.24, 2.45) is 0 Å². The Bertz CT molecular complexity index is 1220. The van der Waals surface area contributed by atoms with Crippen molar-refractivity contribution in [3.8, 4) is 0 Å². The molecule has 27 heavy (non-hydrogen) atoms. The maximum Gasteiger partial charge on any atom is 0.344 e. The molecule has 2 aromatic heterocycles. The fraction of sp³-hybridized carbons (Fsp3) is 0.190. The average molecular weight is 363 g/mol. The number of esters is 1. The van der Waals surface area contributed by atoms with E-state index in [4.69, 9.17) is 13.7 Å². The van der Waals surface area contributed by atoms with Crippen LogP contribution in [0.5, 0.6) is 0 Å². The molecule has 0 spiro atoms. The van der Waals surface area contributed by atoms with E-state index in [1.54, 1.807) is 13.0 Å². The van der Waals surface area contributed by atoms with E-state index in [9.17, 15) is 9.59 Å². The highest BCUT2D eigenvalue weighted by Gasteiger charge is 2.21. The van der Waals surface area contributed by atoms with Gasteiger partial charge in [0, 0.05) is 17.0 Å². The molecular formula is C21H17NO5. The van der Waals surface area contributed by atoms with E-state index in [1.807, 2.05) is 37.3 Å². The number of ether oxygens (including phenoxy) is 1. The van der Waals surface area contributed by atoms with Crippen LogP contribution in [-0.4, -0.2) is 11.1 Å². The van der Waals surface area contributed by atoms with Gasteiger partial charge in [-0.25, -0.2) is 9.59 Å². The Morgan fingerprint density at radius 2 is 2.00 bits per heavy atom. The van der Waals surface area contributed by atoms with E-state index >= 15 is 0 Å². The minimum atomic E-state index is -0.521. The van der Waals surface area contributed by atoms with Crippen LogP contribution in [-0.2, 0) is 17.8 Å². The summed E-state index contributed by atoms with van der Waals surface area (Å²) < 4.78 is 15.9. The molecular weight excluding hydrogens is 346 g/mol. The van der Waals surface area contributed by atoms with E-state index in [2.05, 4.69) is 5.16 Å². The van der Waals surface area contributed by atoms with Gasteiger partial charge in [0.15, 0.2) is 0 Å². The Morgan fingerprint density at radius 3 is 2.81 bits per heavy atom. The molecule has 6 nitrogen and oxygen atoms in total. The number of benzene rings is 2. The van der Waals surface area contributed by atoms with Gasteiger partial charge in [-0.15, -0.1) is 0 Å². The molecule has 0 bridgehead atoms. The van der Waals surface area contributed by atoms with Crippen LogP contribution in [0.3, 0.4) is 0 Å². The number of carbonyl (C=O) groups is 1. The Morgan fingerprint density at radius 1 is 1.19 bits per heavy atom. The number of aromatic nitrogens is 1. The third-order valence-electron chi connectivity index (χ3n) is 4.55. The number of hydrogen-bond donors (Lipinski definition) is 0. The zero-order valence-electron chi connectivity index (χ0n) is 14.9. The lowest BCUT2D eigenvalue weighted by molar-refractivity contribution is 0.0471. The highest BCUT2D eigenvalue weighted by atomic mass is 16.5. The van der Waals surface area contributed by atoms with Gasteiger partial charge in [-0.3, -0.25) is 0 Å². The number of nitrogens with zero attached hydrogens (tertiary/aromatic N) is 1. The molecule has 4 aromatic rings. The van der Waals surface area contributed by atoms with Gasteiger partial charge in [-0.05, 0) is 30.2 Å². The second-order valence-electron chi connectivity index (χ2n) is 6.24. The molecule has 2 aromatic carbocycles. The maximum atomic E-state index is 12.5. The summed E-state index contributed by atoms with van der Waals surface area (Å²) in [4.78, 5) is 24.5. The summed E-state index contributed by atoms with van der Waals surface area (Å²) in [5.41, 5.74) is 1.47. The van der Waals surface area contributed by atoms with Crippen LogP contribution in [0.25, 0.3) is 21.7 Å². The van der Waals surface area contributed by atoms with Crippen LogP contribution in [0.1, 0.15) is 34.3 Å². The lowest BCUT2D eigenvalue weighted by Crippen LogP contribution is -2.10. The van der Waals surface area contributed by atoms with Gasteiger partial charge in [0.05, 0.1) is 5.69 Å². The quantitative estimate of drug-likeness (QED) is 0.308. The molecule has 0 saturated heterocycles. The molecule has 136 valence electrons. The third kappa shape index (κ3) is 2.99. The highest BCUT2D eigenvalue weighted by molar-refractivity contribution is 6.07. The van der Waals surface area contributed by atoms with Gasteiger partial charge in [-0.2, -0.15) is 0 Å². The SMILES string of the molecule is CCc1noc(C)c1C(=O)OCc1cc(=O)oc2ccc3ccccc3c12. The van der Waals surface area contributed by atoms with Gasteiger partial charge in [0.25, 0.3) is 0 Å². The predicted molar refractivity (Wildman–Crippen MR) is 99.7 cm³/mol. The van der Waals surface area contributed by atoms with Gasteiger partial charge in [0.2, 0.25) is 0 Å². The normalized spacial score (nSPS) is 11.2. The second-order valence-corrected chi connectivity index (χ2v) is 6.24. The van der Waals surface area contributed by atoms with Crippen molar-refractivity contribution in [3.05, 3.63) is 75.5 Å². The van der Waals surface area contributed by atoms with Crippen LogP contribution >= 0.6 is 0 Å². The summed E-state index contributed by atoms with van der Waals surface area (Å²) in [5.74, 6) is -0.105. The van der Waals surface area contributed by atoms with Gasteiger partial charge in [0.1, 0.15) is 23.5 Å². The van der Waals surface area contributed by atoms with Crippen molar-refractivity contribution < 1.29 is 18.5 Å². The minimum absolute atomic E-state index is 0.0529. The lowest BCUT2D eigenvalue weighted by atomic mass is 10.0. The van der Waals surface area contributed by atoms with Gasteiger partial charge >= 0.3 is 11.6 Å². The van der Waals surface area contributed by atoms with E-state index < -0.39 is 11.6 Å². The van der Waals surface area contributed by atoms with Crippen LogP contribution < -0.4 is 5.63 Å². The number of carbonyl (C=O) groups excluding carboxylic acids is 1. The summed E-state index contributed by atoms with van der Waals surface area (Å²) in [7, 11) is 0. The van der Waals surface area contributed by atoms with E-state index in [0.717, 1.165) is 16.2 Å². The van der Waals surface area contributed by atoms with Gasteiger partial charge < -0.3 is 13.7 Å². The molecule has 0 aliphatic carbocycles. The Balaban J connectivity index is 1.75. The fourth-order valence-electron chi connectivity index (χ4n) is 3.27. The van der Waals surface area contributed by atoms with Crippen LogP contribution in [0, 0.1) is 6.92 Å². The molecule has 0 aliphatic rings. The van der Waals surface area contributed by atoms with E-state index in [-0.39, 0.29) is 6.61 Å². The second kappa shape index (κ2) is 6.72. The summed E-state index contributed by atoms with van der Waals surface area (Å²) in [6.07, 6.45) is 0.560. The molecule has 0 atom stereocenters. The number of aryl methyl sites for hydroxylation is 2. The fourth-order valence-corrected chi connectivity index (χ4v) is 3.27. The molecule has 0 fully saturated rings. The lowest BCUT2D eigenvalue weighted by Gasteiger charge is -2.09. The third-order valence-corrected chi connectivity index (χ3v) is 4.55. The summed E-state index contributed by atoms with van der Waals surface area (Å²) in [5, 5.41) is 6.58. The van der Waals surface area contributed by atoms with Crippen molar-refractivity contribution in [3.63, 3.8) is 0 Å². The molecule has 0 N–H and O–H groups in total. The molecule has 4 rings (SSSR count). The number of fused-ring (bicyclic) bond motifs is 3. The van der Waals surface area contributed by atoms with E-state index in [0.29, 0.717) is 34.6 Å². The standard InChI is InChI=1S/C21H17NO5/c1-3-16-19(12(2)27-22-16)21(24)25-11-14-10-18(23)26-17-9-8-13-6-4-5-7-15(13)20(14)17/h4-10H,3,11H2,1-2H3. The minimum Gasteiger partial charge on any atom is -0.457 e. The first-order valence-electron chi connectivity index (χ1n) is 8.65. The van der Waals surface area contributed by atoms with E-state index in [1.165, 1.54) is 6.07 Å². The molecule has 0 unspecified atom stereocenters. The maximum absolute atomic E-state index is 12.5. The zero-order valence-corrected chi connectivity index (χ0v) is 14.9. The van der Waals surface area contributed by atoms with Crippen molar-refractivity contribution >= 4 is 27.7 Å². The Hall–Kier alpha value is -3.41. The van der Waals surface area contributed by atoms with Crippen LogP contribution in [0.4, 0.5) is 0 Å². The first-order valence-corrected chi connectivity index (χ1v) is 8.65. The smallest absolute Gasteiger partial charge is 0.344 e. The molecule has 0 amide bonds. The Labute approximate surface area is 154 Å². The van der Waals surface area contributed by atoms with Crippen molar-refractivity contribution in [2.45, 2.75) is 26.9 Å². The summed E-state index contributed by atoms with van der Waals surface area (Å²) in [6.45, 7) is 3.50. The number of rotatable bonds is 4. The predicted octanol–water partition coefficient (Wildman–Crippen LogP) is 4.16. The number of hydrogen-bond acceptors (Lipinski definition) is 6. The van der Waals surface area contributed by atoms with Gasteiger partial charge in [-0.1, -0.05) is 42.4 Å². The molecule has 0 aliphatic heterocycles. The van der Waals surface area contributed by atoms with Crippen molar-refractivity contribution in [2.75, 3.05) is 0 Å². The average Bonchev–Trinajstić information content (AvgIpc) is 3.06. The molecule has 0 saturated carbocycles. The summed E-state index contributed by atoms with van der Waals surface area (Å²) in [6, 6.07) is 12.8. The van der Waals surface area contributed by atoms with Crippen LogP contribution in [0.15, 0.2) is 56.2 Å². The summed E-state index contributed by atoms with van der Waals surface area (Å²) >= 11 is 0. The molecule has 6 heteroatoms. The topological polar surface area (TPSA) is 82.5 Å². The zero-order chi connectivity index (χ0) is 19.0. The Kier molecular flexibility index (Phi) is 4.24. The van der Waals surface area contributed by atoms with Crippen molar-refractivity contribution in [1.82, 2.24) is 5.16 Å². The van der Waals surface area contributed by atoms with Crippen LogP contribution in [0.2, 0.25) is 0 Å². The van der Waals surface area contributed by atoms with Crippen molar-refractivity contribution in [1.29, 1.82) is 0 Å². The monoisotopic (exact) mass is 363 g/mol. The first-order chi connectivity index (χ1) is 13.1. The highest BCUT2D eigenvalue weighted by Crippen LogP contribution is 2.28. The largest absolute Gasteiger partial charge is 0.457 e.